The number of hydrogen-bond acceptors (Lipinski definition) is 5. The lowest BCUT2D eigenvalue weighted by molar-refractivity contribution is -0.148. The molecule has 0 saturated heterocycles. The second-order valence-corrected chi connectivity index (χ2v) is 18.9. The summed E-state index contributed by atoms with van der Waals surface area (Å²) in [5, 5.41) is 23.8. The third kappa shape index (κ3) is 52.1. The highest BCUT2D eigenvalue weighted by Crippen LogP contribution is 2.16. The van der Waals surface area contributed by atoms with E-state index in [0.29, 0.717) is 19.3 Å². The van der Waals surface area contributed by atoms with Gasteiger partial charge in [0.25, 0.3) is 0 Å². The summed E-state index contributed by atoms with van der Waals surface area (Å²) in [6.45, 7) is 6.21. The van der Waals surface area contributed by atoms with E-state index in [1.54, 1.807) is 6.08 Å². The molecular formula is C66H107NO5. The summed E-state index contributed by atoms with van der Waals surface area (Å²) in [5.41, 5.74) is 0. The molecule has 3 unspecified atom stereocenters. The summed E-state index contributed by atoms with van der Waals surface area (Å²) >= 11 is 0. The summed E-state index contributed by atoms with van der Waals surface area (Å²) < 4.78 is 5.80. The molecule has 0 aliphatic rings. The van der Waals surface area contributed by atoms with Crippen LogP contribution >= 0.6 is 0 Å². The summed E-state index contributed by atoms with van der Waals surface area (Å²) in [6.07, 6.45) is 83.8. The third-order valence-corrected chi connectivity index (χ3v) is 12.2. The zero-order valence-corrected chi connectivity index (χ0v) is 46.2. The van der Waals surface area contributed by atoms with E-state index in [9.17, 15) is 19.8 Å². The molecule has 0 bridgehead atoms. The van der Waals surface area contributed by atoms with E-state index in [4.69, 9.17) is 4.74 Å². The van der Waals surface area contributed by atoms with Crippen LogP contribution in [0.1, 0.15) is 233 Å². The molecule has 0 aromatic heterocycles. The quantitative estimate of drug-likeness (QED) is 0.0321. The number of nitrogens with one attached hydrogen (secondary N) is 1. The Morgan fingerprint density at radius 1 is 0.431 bits per heavy atom. The molecule has 0 aliphatic heterocycles. The Kier molecular flexibility index (Phi) is 54.2. The largest absolute Gasteiger partial charge is 0.458 e. The topological polar surface area (TPSA) is 95.9 Å². The number of carbonyl (C=O) groups excluding carboxylic acids is 2. The molecule has 0 saturated carbocycles. The maximum atomic E-state index is 13.2. The zero-order chi connectivity index (χ0) is 52.3. The Labute approximate surface area is 443 Å². The third-order valence-electron chi connectivity index (χ3n) is 12.2. The van der Waals surface area contributed by atoms with E-state index in [-0.39, 0.29) is 31.3 Å². The molecule has 0 aliphatic carbocycles. The number of ether oxygens (including phenoxy) is 1. The zero-order valence-electron chi connectivity index (χ0n) is 46.2. The van der Waals surface area contributed by atoms with Crippen LogP contribution in [0.15, 0.2) is 146 Å². The van der Waals surface area contributed by atoms with Gasteiger partial charge in [-0.1, -0.05) is 270 Å². The van der Waals surface area contributed by atoms with Crippen molar-refractivity contribution in [1.82, 2.24) is 5.32 Å². The minimum absolute atomic E-state index is 0.0871. The lowest BCUT2D eigenvalue weighted by Gasteiger charge is -2.23. The molecule has 0 rings (SSSR count). The van der Waals surface area contributed by atoms with Crippen molar-refractivity contribution in [2.45, 2.75) is 251 Å². The van der Waals surface area contributed by atoms with Crippen LogP contribution in [0.25, 0.3) is 0 Å². The molecule has 0 fully saturated rings. The van der Waals surface area contributed by atoms with Crippen LogP contribution in [0.5, 0.6) is 0 Å². The molecular weight excluding hydrogens is 887 g/mol. The van der Waals surface area contributed by atoms with E-state index in [1.165, 1.54) is 89.9 Å². The summed E-state index contributed by atoms with van der Waals surface area (Å²) in [4.78, 5) is 26.2. The Balaban J connectivity index is 4.84. The second kappa shape index (κ2) is 57.6. The van der Waals surface area contributed by atoms with Crippen molar-refractivity contribution in [3.8, 4) is 0 Å². The predicted molar refractivity (Wildman–Crippen MR) is 314 cm³/mol. The maximum absolute atomic E-state index is 13.2. The number of allylic oxidation sites excluding steroid dienone is 23. The Morgan fingerprint density at radius 3 is 1.10 bits per heavy atom. The number of esters is 1. The SMILES string of the molecule is CC/C=C\C/C=C\C/C=C\C/C=C\C/C=C\C/C=C\CCC(=O)OC(/C=C\C/C=C\C/C=C\C/C=C\C/C=C\C/C=C\CC)CC(=O)NC(CO)C(O)CCCCCCCCCCCCCCCCCCC. The molecule has 0 spiro atoms. The molecule has 0 radical (unpaired) electrons. The van der Waals surface area contributed by atoms with Gasteiger partial charge in [0.15, 0.2) is 0 Å². The second-order valence-electron chi connectivity index (χ2n) is 18.9. The summed E-state index contributed by atoms with van der Waals surface area (Å²) in [6, 6.07) is -0.770. The number of unbranched alkanes of at least 4 members (excludes halogenated alkanes) is 16. The van der Waals surface area contributed by atoms with Crippen LogP contribution in [-0.4, -0.2) is 46.9 Å². The van der Waals surface area contributed by atoms with Gasteiger partial charge in [-0.05, 0) is 96.0 Å². The van der Waals surface area contributed by atoms with Gasteiger partial charge in [-0.3, -0.25) is 9.59 Å². The van der Waals surface area contributed by atoms with Gasteiger partial charge in [0.1, 0.15) is 6.10 Å². The highest BCUT2D eigenvalue weighted by Gasteiger charge is 2.23. The van der Waals surface area contributed by atoms with Crippen molar-refractivity contribution in [3.63, 3.8) is 0 Å². The average Bonchev–Trinajstić information content (AvgIpc) is 3.37. The van der Waals surface area contributed by atoms with E-state index in [0.717, 1.165) is 89.9 Å². The number of rotatable bonds is 50. The number of amides is 1. The number of aliphatic hydroxyl groups is 2. The molecule has 6 heteroatoms. The van der Waals surface area contributed by atoms with Crippen LogP contribution in [0.2, 0.25) is 0 Å². The Morgan fingerprint density at radius 2 is 0.750 bits per heavy atom. The van der Waals surface area contributed by atoms with E-state index in [2.05, 4.69) is 154 Å². The minimum atomic E-state index is -0.844. The minimum Gasteiger partial charge on any atom is -0.458 e. The highest BCUT2D eigenvalue weighted by atomic mass is 16.5. The lowest BCUT2D eigenvalue weighted by atomic mass is 10.0. The van der Waals surface area contributed by atoms with Crippen molar-refractivity contribution in [2.24, 2.45) is 0 Å². The smallest absolute Gasteiger partial charge is 0.306 e. The first-order chi connectivity index (χ1) is 35.5. The number of aliphatic hydroxyl groups excluding tert-OH is 2. The molecule has 72 heavy (non-hydrogen) atoms. The lowest BCUT2D eigenvalue weighted by Crippen LogP contribution is -2.46. The number of carbonyl (C=O) groups is 2. The van der Waals surface area contributed by atoms with E-state index in [1.807, 2.05) is 12.2 Å². The van der Waals surface area contributed by atoms with Crippen molar-refractivity contribution in [2.75, 3.05) is 6.61 Å². The van der Waals surface area contributed by atoms with Crippen molar-refractivity contribution in [3.05, 3.63) is 146 Å². The molecule has 0 heterocycles. The fourth-order valence-electron chi connectivity index (χ4n) is 7.86. The van der Waals surface area contributed by atoms with Gasteiger partial charge in [0.2, 0.25) is 5.91 Å². The van der Waals surface area contributed by atoms with Gasteiger partial charge in [0, 0.05) is 6.42 Å². The number of hydrogen-bond donors (Lipinski definition) is 3. The van der Waals surface area contributed by atoms with E-state index < -0.39 is 18.2 Å². The monoisotopic (exact) mass is 994 g/mol. The first kappa shape index (κ1) is 67.7. The fraction of sp³-hybridized carbons (Fsp3) is 0.606. The van der Waals surface area contributed by atoms with Crippen LogP contribution in [-0.2, 0) is 14.3 Å². The van der Waals surface area contributed by atoms with Gasteiger partial charge in [-0.2, -0.15) is 0 Å². The normalized spacial score (nSPS) is 14.2. The standard InChI is InChI=1S/C66H107NO5/c1-4-7-10-13-16-19-22-25-28-31-32-35-38-41-44-47-50-53-56-59-66(71)72-62(57-54-51-48-45-42-39-36-33-29-26-23-20-17-14-11-8-5-2)60-65(70)67-63(61-68)64(69)58-55-52-49-46-43-40-37-34-30-27-24-21-18-15-12-9-6-3/h7-8,10-11,16-17,19-20,25-26,28-29,32,35-36,39,41,44-45,48,50,53-54,57,62-64,68-69H,4-6,9,12-15,18,21-24,27,30-31,33-34,37-38,40,42-43,46-47,49,51-52,55-56,58-61H2,1-3H3,(H,67,70)/b10-7-,11-8-,19-16-,20-17-,28-25-,29-26-,35-32-,39-36-,44-41-,48-45-,53-50-,57-54-. The van der Waals surface area contributed by atoms with Crippen LogP contribution in [0, 0.1) is 0 Å². The van der Waals surface area contributed by atoms with Gasteiger partial charge in [-0.15, -0.1) is 0 Å². The van der Waals surface area contributed by atoms with Gasteiger partial charge in [-0.25, -0.2) is 0 Å². The fourth-order valence-corrected chi connectivity index (χ4v) is 7.86. The van der Waals surface area contributed by atoms with E-state index >= 15 is 0 Å². The molecule has 0 aromatic rings. The first-order valence-electron chi connectivity index (χ1n) is 29.1. The van der Waals surface area contributed by atoms with Gasteiger partial charge in [0.05, 0.1) is 25.2 Å². The van der Waals surface area contributed by atoms with Crippen LogP contribution < -0.4 is 5.32 Å². The molecule has 3 atom stereocenters. The Bertz CT molecular complexity index is 1590. The molecule has 0 aromatic carbocycles. The van der Waals surface area contributed by atoms with Crippen molar-refractivity contribution < 1.29 is 24.5 Å². The van der Waals surface area contributed by atoms with Crippen LogP contribution in [0.4, 0.5) is 0 Å². The molecule has 406 valence electrons. The molecule has 1 amide bonds. The first-order valence-corrected chi connectivity index (χ1v) is 29.1. The average molecular weight is 995 g/mol. The summed E-state index contributed by atoms with van der Waals surface area (Å²) in [7, 11) is 0. The van der Waals surface area contributed by atoms with Crippen molar-refractivity contribution in [1.29, 1.82) is 0 Å². The van der Waals surface area contributed by atoms with Crippen LogP contribution in [0.3, 0.4) is 0 Å². The Hall–Kier alpha value is -4.26. The van der Waals surface area contributed by atoms with Gasteiger partial charge < -0.3 is 20.3 Å². The predicted octanol–water partition coefficient (Wildman–Crippen LogP) is 18.3. The molecule has 3 N–H and O–H groups in total. The van der Waals surface area contributed by atoms with Crippen molar-refractivity contribution >= 4 is 11.9 Å². The molecule has 6 nitrogen and oxygen atoms in total. The summed E-state index contributed by atoms with van der Waals surface area (Å²) in [5.74, 6) is -0.741. The maximum Gasteiger partial charge on any atom is 0.306 e. The van der Waals surface area contributed by atoms with Gasteiger partial charge >= 0.3 is 5.97 Å². The highest BCUT2D eigenvalue weighted by molar-refractivity contribution is 5.78.